The molecule has 2 aliphatic carbocycles. The summed E-state index contributed by atoms with van der Waals surface area (Å²) in [6, 6.07) is -3.40. The number of urea groups is 1. The average Bonchev–Trinajstić information content (AvgIpc) is 3.69. The number of terminal acetylenes is 1. The van der Waals surface area contributed by atoms with E-state index in [9.17, 15) is 32.4 Å². The summed E-state index contributed by atoms with van der Waals surface area (Å²) >= 11 is 0. The summed E-state index contributed by atoms with van der Waals surface area (Å²) in [6.07, 6.45) is 13.6. The Bertz CT molecular complexity index is 1290. The summed E-state index contributed by atoms with van der Waals surface area (Å²) in [5.74, 6) is -0.0427. The third kappa shape index (κ3) is 8.85. The molecule has 0 bridgehead atoms. The lowest BCUT2D eigenvalue weighted by atomic mass is 9.83. The number of amides is 5. The van der Waals surface area contributed by atoms with Gasteiger partial charge in [-0.25, -0.2) is 17.5 Å². The number of ketones is 1. The van der Waals surface area contributed by atoms with E-state index >= 15 is 0 Å². The van der Waals surface area contributed by atoms with E-state index in [1.807, 2.05) is 0 Å². The van der Waals surface area contributed by atoms with Gasteiger partial charge in [0.15, 0.2) is 0 Å². The summed E-state index contributed by atoms with van der Waals surface area (Å²) in [5, 5.41) is 10.7. The van der Waals surface area contributed by atoms with Crippen molar-refractivity contribution in [3.05, 3.63) is 12.7 Å². The zero-order chi connectivity index (χ0) is 32.6. The Hall–Kier alpha value is -3.44. The highest BCUT2D eigenvalue weighted by atomic mass is 32.2. The third-order valence-corrected chi connectivity index (χ3v) is 11.3. The molecule has 4 fully saturated rings. The maximum Gasteiger partial charge on any atom is 0.315 e. The molecule has 0 spiro atoms. The van der Waals surface area contributed by atoms with Crippen LogP contribution in [-0.2, 0) is 29.2 Å². The first kappa shape index (κ1) is 34.4. The van der Waals surface area contributed by atoms with Crippen LogP contribution in [0.2, 0.25) is 0 Å². The van der Waals surface area contributed by atoms with E-state index in [-0.39, 0.29) is 61.9 Å². The number of rotatable bonds is 14. The molecule has 0 aromatic carbocycles. The van der Waals surface area contributed by atoms with E-state index in [4.69, 9.17) is 6.42 Å². The SMILES string of the molecule is C#CCCC(NC(=O)[C@@H]1[C@H]2C[C@H]2CN1C(=O)[C@@H](NC(=O)NCCN1CCCCS1(=O)=O)C1CCCCC1)C(=O)C(=O)NCC=C. The maximum absolute atomic E-state index is 14.1. The highest BCUT2D eigenvalue weighted by molar-refractivity contribution is 7.89. The molecular formula is C31H46N6O7S. The first-order valence-corrected chi connectivity index (χ1v) is 17.7. The van der Waals surface area contributed by atoms with Crippen molar-refractivity contribution in [1.29, 1.82) is 0 Å². The monoisotopic (exact) mass is 646 g/mol. The van der Waals surface area contributed by atoms with E-state index in [0.717, 1.165) is 44.9 Å². The van der Waals surface area contributed by atoms with Gasteiger partial charge in [0, 0.05) is 39.1 Å². The van der Waals surface area contributed by atoms with E-state index < -0.39 is 51.8 Å². The van der Waals surface area contributed by atoms with E-state index in [1.54, 1.807) is 0 Å². The fraction of sp³-hybridized carbons (Fsp3) is 0.710. The summed E-state index contributed by atoms with van der Waals surface area (Å²) < 4.78 is 26.0. The van der Waals surface area contributed by atoms with Crippen LogP contribution in [0.4, 0.5) is 4.79 Å². The first-order chi connectivity index (χ1) is 21.6. The second-order valence-corrected chi connectivity index (χ2v) is 14.5. The van der Waals surface area contributed by atoms with Gasteiger partial charge in [-0.15, -0.1) is 18.9 Å². The van der Waals surface area contributed by atoms with Crippen LogP contribution >= 0.6 is 0 Å². The molecule has 2 aliphatic heterocycles. The fourth-order valence-corrected chi connectivity index (χ4v) is 8.40. The predicted octanol–water partition coefficient (Wildman–Crippen LogP) is 0.277. The van der Waals surface area contributed by atoms with Crippen LogP contribution in [0.1, 0.15) is 64.2 Å². The van der Waals surface area contributed by atoms with Gasteiger partial charge in [0.25, 0.3) is 5.91 Å². The highest BCUT2D eigenvalue weighted by Crippen LogP contribution is 2.50. The number of hydrogen-bond donors (Lipinski definition) is 4. The molecule has 0 radical (unpaired) electrons. The largest absolute Gasteiger partial charge is 0.346 e. The molecule has 5 amide bonds. The second kappa shape index (κ2) is 15.7. The van der Waals surface area contributed by atoms with Crippen LogP contribution in [0.3, 0.4) is 0 Å². The number of Topliss-reactive ketones (excluding diaryl/α,β-unsaturated/α-hetero) is 1. The van der Waals surface area contributed by atoms with Gasteiger partial charge in [-0.05, 0) is 56.3 Å². The van der Waals surface area contributed by atoms with Crippen molar-refractivity contribution >= 4 is 39.6 Å². The standard InChI is InChI=1S/C31H46N6O7S/c1-3-5-13-24(27(38)29(40)32-14-4-2)34-28(39)26-23-19-22(23)20-37(26)30(41)25(21-11-7-6-8-12-21)35-31(42)33-15-17-36-16-9-10-18-45(36,43)44/h1,4,21-26H,2,5-20H2,(H,32,40)(H,34,39)(H2,33,35,42)/t22-,23-,24?,25-,26-/m0/s1. The second-order valence-electron chi connectivity index (χ2n) is 12.5. The minimum Gasteiger partial charge on any atom is -0.346 e. The molecule has 14 heteroatoms. The van der Waals surface area contributed by atoms with Crippen molar-refractivity contribution in [3.8, 4) is 12.3 Å². The predicted molar refractivity (Wildman–Crippen MR) is 167 cm³/mol. The van der Waals surface area contributed by atoms with Gasteiger partial charge >= 0.3 is 6.03 Å². The van der Waals surface area contributed by atoms with E-state index in [2.05, 4.69) is 33.8 Å². The molecule has 0 aromatic heterocycles. The van der Waals surface area contributed by atoms with Gasteiger partial charge in [-0.3, -0.25) is 19.2 Å². The van der Waals surface area contributed by atoms with Crippen LogP contribution in [0.15, 0.2) is 12.7 Å². The maximum atomic E-state index is 14.1. The Morgan fingerprint density at radius 1 is 1.02 bits per heavy atom. The Morgan fingerprint density at radius 2 is 1.78 bits per heavy atom. The fourth-order valence-electron chi connectivity index (χ4n) is 6.80. The van der Waals surface area contributed by atoms with Crippen molar-refractivity contribution in [2.75, 3.05) is 38.5 Å². The molecule has 13 nitrogen and oxygen atoms in total. The number of piperidine rings is 1. The molecule has 2 saturated heterocycles. The Balaban J connectivity index is 1.43. The molecular weight excluding hydrogens is 600 g/mol. The molecule has 248 valence electrons. The smallest absolute Gasteiger partial charge is 0.315 e. The van der Waals surface area contributed by atoms with Crippen LogP contribution in [-0.4, -0.2) is 104 Å². The first-order valence-electron chi connectivity index (χ1n) is 16.1. The minimum absolute atomic E-state index is 0.0701. The lowest BCUT2D eigenvalue weighted by Gasteiger charge is -2.36. The van der Waals surface area contributed by atoms with E-state index in [1.165, 1.54) is 15.3 Å². The lowest BCUT2D eigenvalue weighted by molar-refractivity contribution is -0.144. The van der Waals surface area contributed by atoms with Gasteiger partial charge in [0.1, 0.15) is 12.1 Å². The van der Waals surface area contributed by atoms with Gasteiger partial charge in [-0.1, -0.05) is 25.3 Å². The number of nitrogens with one attached hydrogen (secondary N) is 4. The van der Waals surface area contributed by atoms with Crippen molar-refractivity contribution in [1.82, 2.24) is 30.5 Å². The molecule has 2 saturated carbocycles. The van der Waals surface area contributed by atoms with Gasteiger partial charge < -0.3 is 26.2 Å². The van der Waals surface area contributed by atoms with E-state index in [0.29, 0.717) is 19.5 Å². The minimum atomic E-state index is -3.32. The third-order valence-electron chi connectivity index (χ3n) is 9.32. The molecule has 1 unspecified atom stereocenters. The number of hydrogen-bond acceptors (Lipinski definition) is 7. The van der Waals surface area contributed by atoms with Gasteiger partial charge in [0.2, 0.25) is 27.6 Å². The van der Waals surface area contributed by atoms with Crippen molar-refractivity contribution < 1.29 is 32.4 Å². The zero-order valence-electron chi connectivity index (χ0n) is 25.8. The van der Waals surface area contributed by atoms with Gasteiger partial charge in [0.05, 0.1) is 11.8 Å². The Kier molecular flexibility index (Phi) is 12.0. The number of fused-ring (bicyclic) bond motifs is 1. The van der Waals surface area contributed by atoms with Crippen LogP contribution in [0.5, 0.6) is 0 Å². The van der Waals surface area contributed by atoms with Crippen LogP contribution in [0, 0.1) is 30.1 Å². The van der Waals surface area contributed by atoms with Crippen LogP contribution < -0.4 is 21.3 Å². The summed E-state index contributed by atoms with van der Waals surface area (Å²) in [6.45, 7) is 4.65. The summed E-state index contributed by atoms with van der Waals surface area (Å²) in [5.41, 5.74) is 0. The molecule has 4 N–H and O–H groups in total. The normalized spacial score (nSPS) is 25.5. The quantitative estimate of drug-likeness (QED) is 0.119. The van der Waals surface area contributed by atoms with Gasteiger partial charge in [-0.2, -0.15) is 0 Å². The number of sulfonamides is 1. The van der Waals surface area contributed by atoms with Crippen molar-refractivity contribution in [2.24, 2.45) is 17.8 Å². The van der Waals surface area contributed by atoms with Crippen LogP contribution in [0.25, 0.3) is 0 Å². The summed E-state index contributed by atoms with van der Waals surface area (Å²) in [7, 11) is -3.32. The molecule has 45 heavy (non-hydrogen) atoms. The number of nitrogens with zero attached hydrogens (tertiary/aromatic N) is 2. The Morgan fingerprint density at radius 3 is 2.47 bits per heavy atom. The average molecular weight is 647 g/mol. The molecule has 0 aromatic rings. The number of carbonyl (C=O) groups is 5. The van der Waals surface area contributed by atoms with Crippen molar-refractivity contribution in [2.45, 2.75) is 82.3 Å². The molecule has 4 aliphatic rings. The zero-order valence-corrected chi connectivity index (χ0v) is 26.6. The highest BCUT2D eigenvalue weighted by Gasteiger charge is 2.58. The molecule has 4 rings (SSSR count). The number of carbonyl (C=O) groups excluding carboxylic acids is 5. The Labute approximate surface area is 265 Å². The molecule has 2 heterocycles. The molecule has 5 atom stereocenters. The van der Waals surface area contributed by atoms with Crippen molar-refractivity contribution in [3.63, 3.8) is 0 Å². The number of likely N-dealkylation sites (tertiary alicyclic amines) is 1. The summed E-state index contributed by atoms with van der Waals surface area (Å²) in [4.78, 5) is 67.6. The lowest BCUT2D eigenvalue weighted by Crippen LogP contribution is -2.60. The topological polar surface area (TPSA) is 174 Å².